The molecule has 106 valence electrons. The molecule has 0 saturated carbocycles. The van der Waals surface area contributed by atoms with Crippen molar-refractivity contribution >= 4 is 32.7 Å². The molecule has 0 bridgehead atoms. The van der Waals surface area contributed by atoms with Crippen molar-refractivity contribution in [3.8, 4) is 0 Å². The van der Waals surface area contributed by atoms with Gasteiger partial charge in [-0.3, -0.25) is 4.79 Å². The highest BCUT2D eigenvalue weighted by atomic mass is 79.9. The number of likely N-dealkylation sites (tertiary alicyclic amines) is 1. The van der Waals surface area contributed by atoms with Crippen LogP contribution in [0.3, 0.4) is 0 Å². The first-order valence-electron chi connectivity index (χ1n) is 6.46. The van der Waals surface area contributed by atoms with E-state index in [-0.39, 0.29) is 24.2 Å². The zero-order valence-electron chi connectivity index (χ0n) is 10.7. The van der Waals surface area contributed by atoms with Crippen LogP contribution in [-0.4, -0.2) is 40.6 Å². The van der Waals surface area contributed by atoms with Crippen LogP contribution in [0.15, 0.2) is 22.7 Å². The minimum atomic E-state index is -0.362. The number of aromatic nitrogens is 1. The number of hydrogen-bond donors (Lipinski definition) is 2. The van der Waals surface area contributed by atoms with Gasteiger partial charge in [0, 0.05) is 35.5 Å². The van der Waals surface area contributed by atoms with Gasteiger partial charge in [-0.1, -0.05) is 15.9 Å². The first kappa shape index (κ1) is 13.6. The minimum absolute atomic E-state index is 0.0953. The number of aliphatic hydroxyl groups is 1. The average molecular weight is 341 g/mol. The Labute approximate surface area is 123 Å². The first-order chi connectivity index (χ1) is 9.58. The quantitative estimate of drug-likeness (QED) is 0.882. The van der Waals surface area contributed by atoms with E-state index in [0.29, 0.717) is 34.2 Å². The van der Waals surface area contributed by atoms with Gasteiger partial charge in [0.05, 0.1) is 5.52 Å². The van der Waals surface area contributed by atoms with Crippen LogP contribution in [0, 0.1) is 11.7 Å². The number of nitrogens with zero attached hydrogens (tertiary/aromatic N) is 1. The molecule has 20 heavy (non-hydrogen) atoms. The van der Waals surface area contributed by atoms with Crippen molar-refractivity contribution in [2.75, 3.05) is 19.7 Å². The maximum Gasteiger partial charge on any atom is 0.270 e. The van der Waals surface area contributed by atoms with Gasteiger partial charge in [-0.05, 0) is 24.6 Å². The van der Waals surface area contributed by atoms with Crippen LogP contribution in [0.25, 0.3) is 10.9 Å². The summed E-state index contributed by atoms with van der Waals surface area (Å²) in [7, 11) is 0. The summed E-state index contributed by atoms with van der Waals surface area (Å²) in [6.07, 6.45) is 0.808. The molecule has 2 aromatic rings. The summed E-state index contributed by atoms with van der Waals surface area (Å²) in [5.41, 5.74) is 0.980. The van der Waals surface area contributed by atoms with Gasteiger partial charge in [0.25, 0.3) is 5.91 Å². The molecule has 6 heteroatoms. The number of carbonyl (C=O) groups excluding carboxylic acids is 1. The highest BCUT2D eigenvalue weighted by Gasteiger charge is 2.27. The predicted octanol–water partition coefficient (Wildman–Crippen LogP) is 2.52. The molecule has 1 amide bonds. The molecule has 3 rings (SSSR count). The molecule has 1 unspecified atom stereocenters. The van der Waals surface area contributed by atoms with Gasteiger partial charge in [0.1, 0.15) is 11.5 Å². The molecule has 1 aliphatic heterocycles. The SMILES string of the molecule is O=C(c1cc2c(F)cc(Br)cc2[nH]1)N1CCC(CO)C1. The van der Waals surface area contributed by atoms with Crippen molar-refractivity contribution in [3.05, 3.63) is 34.2 Å². The number of hydrogen-bond acceptors (Lipinski definition) is 2. The summed E-state index contributed by atoms with van der Waals surface area (Å²) in [4.78, 5) is 17.0. The molecule has 0 radical (unpaired) electrons. The average Bonchev–Trinajstić information content (AvgIpc) is 3.03. The Hall–Kier alpha value is -1.40. The number of H-pyrrole nitrogens is 1. The van der Waals surface area contributed by atoms with Gasteiger partial charge < -0.3 is 15.0 Å². The van der Waals surface area contributed by atoms with Crippen molar-refractivity contribution in [2.24, 2.45) is 5.92 Å². The highest BCUT2D eigenvalue weighted by Crippen LogP contribution is 2.25. The molecule has 1 aromatic heterocycles. The molecule has 2 N–H and O–H groups in total. The van der Waals surface area contributed by atoms with E-state index >= 15 is 0 Å². The van der Waals surface area contributed by atoms with Gasteiger partial charge in [-0.25, -0.2) is 4.39 Å². The van der Waals surface area contributed by atoms with Crippen molar-refractivity contribution in [3.63, 3.8) is 0 Å². The number of rotatable bonds is 2. The van der Waals surface area contributed by atoms with Crippen LogP contribution in [0.1, 0.15) is 16.9 Å². The van der Waals surface area contributed by atoms with E-state index < -0.39 is 0 Å². The Morgan fingerprint density at radius 2 is 2.30 bits per heavy atom. The molecular weight excluding hydrogens is 327 g/mol. The topological polar surface area (TPSA) is 56.3 Å². The number of aromatic amines is 1. The van der Waals surface area contributed by atoms with E-state index in [1.165, 1.54) is 6.07 Å². The summed E-state index contributed by atoms with van der Waals surface area (Å²) < 4.78 is 14.4. The molecule has 4 nitrogen and oxygen atoms in total. The number of aliphatic hydroxyl groups excluding tert-OH is 1. The predicted molar refractivity (Wildman–Crippen MR) is 77.1 cm³/mol. The lowest BCUT2D eigenvalue weighted by molar-refractivity contribution is 0.0777. The molecule has 1 aliphatic rings. The Kier molecular flexibility index (Phi) is 3.52. The fourth-order valence-electron chi connectivity index (χ4n) is 2.61. The van der Waals surface area contributed by atoms with E-state index in [1.54, 1.807) is 17.0 Å². The second-order valence-corrected chi connectivity index (χ2v) is 6.04. The van der Waals surface area contributed by atoms with Gasteiger partial charge >= 0.3 is 0 Å². The monoisotopic (exact) mass is 340 g/mol. The van der Waals surface area contributed by atoms with Crippen LogP contribution in [0.4, 0.5) is 4.39 Å². The maximum atomic E-state index is 13.8. The van der Waals surface area contributed by atoms with Crippen LogP contribution < -0.4 is 0 Å². The minimum Gasteiger partial charge on any atom is -0.396 e. The van der Waals surface area contributed by atoms with Crippen molar-refractivity contribution in [1.29, 1.82) is 0 Å². The number of carbonyl (C=O) groups is 1. The van der Waals surface area contributed by atoms with E-state index in [0.717, 1.165) is 6.42 Å². The van der Waals surface area contributed by atoms with Crippen LogP contribution >= 0.6 is 15.9 Å². The Bertz CT molecular complexity index is 670. The fraction of sp³-hybridized carbons (Fsp3) is 0.357. The molecule has 1 atom stereocenters. The van der Waals surface area contributed by atoms with E-state index in [9.17, 15) is 9.18 Å². The van der Waals surface area contributed by atoms with E-state index in [1.807, 2.05) is 0 Å². The van der Waals surface area contributed by atoms with Gasteiger partial charge in [-0.2, -0.15) is 0 Å². The summed E-state index contributed by atoms with van der Waals surface area (Å²) in [6.45, 7) is 1.28. The molecular formula is C14H14BrFN2O2. The molecule has 1 saturated heterocycles. The second kappa shape index (κ2) is 5.18. The third-order valence-corrected chi connectivity index (χ3v) is 4.17. The lowest BCUT2D eigenvalue weighted by atomic mass is 10.1. The third kappa shape index (κ3) is 2.33. The van der Waals surface area contributed by atoms with Gasteiger partial charge in [0.2, 0.25) is 0 Å². The number of halogens is 2. The van der Waals surface area contributed by atoms with Crippen LogP contribution in [-0.2, 0) is 0 Å². The highest BCUT2D eigenvalue weighted by molar-refractivity contribution is 9.10. The fourth-order valence-corrected chi connectivity index (χ4v) is 3.04. The van der Waals surface area contributed by atoms with Crippen molar-refractivity contribution < 1.29 is 14.3 Å². The lowest BCUT2D eigenvalue weighted by Gasteiger charge is -2.14. The summed E-state index contributed by atoms with van der Waals surface area (Å²) in [6, 6.07) is 4.67. The number of nitrogens with one attached hydrogen (secondary N) is 1. The van der Waals surface area contributed by atoms with Crippen molar-refractivity contribution in [1.82, 2.24) is 9.88 Å². The molecule has 0 spiro atoms. The number of amides is 1. The number of fused-ring (bicyclic) bond motifs is 1. The standard InChI is InChI=1S/C14H14BrFN2O2/c15-9-3-11(16)10-5-13(17-12(10)4-9)14(20)18-2-1-8(6-18)7-19/h3-5,8,17,19H,1-2,6-7H2. The largest absolute Gasteiger partial charge is 0.396 e. The summed E-state index contributed by atoms with van der Waals surface area (Å²) >= 11 is 3.23. The smallest absolute Gasteiger partial charge is 0.270 e. The Morgan fingerprint density at radius 1 is 1.50 bits per heavy atom. The van der Waals surface area contributed by atoms with Crippen LogP contribution in [0.5, 0.6) is 0 Å². The molecule has 1 fully saturated rings. The maximum absolute atomic E-state index is 13.8. The second-order valence-electron chi connectivity index (χ2n) is 5.12. The van der Waals surface area contributed by atoms with Crippen molar-refractivity contribution in [2.45, 2.75) is 6.42 Å². The lowest BCUT2D eigenvalue weighted by Crippen LogP contribution is -2.29. The van der Waals surface area contributed by atoms with E-state index in [2.05, 4.69) is 20.9 Å². The molecule has 0 aliphatic carbocycles. The molecule has 1 aromatic carbocycles. The van der Waals surface area contributed by atoms with Gasteiger partial charge in [0.15, 0.2) is 0 Å². The third-order valence-electron chi connectivity index (χ3n) is 3.71. The van der Waals surface area contributed by atoms with E-state index in [4.69, 9.17) is 5.11 Å². The normalized spacial score (nSPS) is 18.9. The zero-order chi connectivity index (χ0) is 14.3. The van der Waals surface area contributed by atoms with Crippen LogP contribution in [0.2, 0.25) is 0 Å². The number of benzene rings is 1. The van der Waals surface area contributed by atoms with Gasteiger partial charge in [-0.15, -0.1) is 0 Å². The first-order valence-corrected chi connectivity index (χ1v) is 7.25. The zero-order valence-corrected chi connectivity index (χ0v) is 12.3. The summed E-state index contributed by atoms with van der Waals surface area (Å²) in [5, 5.41) is 9.53. The molecule has 2 heterocycles. The summed E-state index contributed by atoms with van der Waals surface area (Å²) in [5.74, 6) is -0.360. The Morgan fingerprint density at radius 3 is 3.00 bits per heavy atom. The Balaban J connectivity index is 1.91.